The fourth-order valence-electron chi connectivity index (χ4n) is 3.22. The van der Waals surface area contributed by atoms with Crippen LogP contribution in [-0.4, -0.2) is 33.1 Å². The van der Waals surface area contributed by atoms with E-state index >= 15 is 0 Å². The van der Waals surface area contributed by atoms with Crippen LogP contribution < -0.4 is 19.5 Å². The molecule has 1 aliphatic carbocycles. The average molecular weight is 330 g/mol. The predicted octanol–water partition coefficient (Wildman–Crippen LogP) is 2.77. The van der Waals surface area contributed by atoms with Gasteiger partial charge in [-0.3, -0.25) is 4.79 Å². The number of nitrogens with zero attached hydrogens (tertiary/aromatic N) is 1. The summed E-state index contributed by atoms with van der Waals surface area (Å²) in [7, 11) is 4.68. The van der Waals surface area contributed by atoms with Crippen LogP contribution in [0, 0.1) is 5.92 Å². The van der Waals surface area contributed by atoms with E-state index in [9.17, 15) is 4.79 Å². The predicted molar refractivity (Wildman–Crippen MR) is 91.6 cm³/mol. The molecule has 1 aliphatic heterocycles. The largest absolute Gasteiger partial charge is 0.493 e. The number of rotatable bonds is 5. The van der Waals surface area contributed by atoms with Crippen molar-refractivity contribution < 1.29 is 19.0 Å². The molecule has 1 N–H and O–H groups in total. The van der Waals surface area contributed by atoms with Gasteiger partial charge in [0.25, 0.3) is 5.91 Å². The molecule has 1 amide bonds. The van der Waals surface area contributed by atoms with Crippen LogP contribution in [0.4, 0.5) is 0 Å². The summed E-state index contributed by atoms with van der Waals surface area (Å²) in [5.74, 6) is 2.62. The summed E-state index contributed by atoms with van der Waals surface area (Å²) in [6.45, 7) is 0. The summed E-state index contributed by atoms with van der Waals surface area (Å²) in [6.07, 6.45) is 6.33. The molecule has 1 fully saturated rings. The van der Waals surface area contributed by atoms with E-state index in [2.05, 4.69) is 10.3 Å². The molecule has 0 spiro atoms. The lowest BCUT2D eigenvalue weighted by molar-refractivity contribution is -0.115. The van der Waals surface area contributed by atoms with Gasteiger partial charge in [0.1, 0.15) is 11.5 Å². The standard InChI is InChI=1S/C18H22N2O4/c1-22-14-9-11(10-15(23-2)16(14)24-3)8-13-18(21)20-17(19-13)12-6-4-5-7-12/h8-10,12H,4-7H2,1-3H3,(H,19,20,21)/b13-8+. The second-order valence-corrected chi connectivity index (χ2v) is 5.92. The average Bonchev–Trinajstić information content (AvgIpc) is 3.24. The van der Waals surface area contributed by atoms with E-state index in [1.54, 1.807) is 39.5 Å². The Morgan fingerprint density at radius 1 is 1.08 bits per heavy atom. The van der Waals surface area contributed by atoms with Gasteiger partial charge in [0.15, 0.2) is 11.5 Å². The van der Waals surface area contributed by atoms with Gasteiger partial charge in [0.05, 0.1) is 21.3 Å². The van der Waals surface area contributed by atoms with E-state index < -0.39 is 0 Å². The van der Waals surface area contributed by atoms with Crippen molar-refractivity contribution in [1.82, 2.24) is 5.32 Å². The fourth-order valence-corrected chi connectivity index (χ4v) is 3.22. The first-order valence-corrected chi connectivity index (χ1v) is 8.08. The second kappa shape index (κ2) is 6.95. The summed E-state index contributed by atoms with van der Waals surface area (Å²) in [5, 5.41) is 2.90. The minimum absolute atomic E-state index is 0.161. The van der Waals surface area contributed by atoms with Crippen molar-refractivity contribution in [1.29, 1.82) is 0 Å². The van der Waals surface area contributed by atoms with Gasteiger partial charge >= 0.3 is 0 Å². The van der Waals surface area contributed by atoms with E-state index in [1.807, 2.05) is 0 Å². The van der Waals surface area contributed by atoms with E-state index in [1.165, 1.54) is 12.8 Å². The summed E-state index contributed by atoms with van der Waals surface area (Å²) in [4.78, 5) is 16.7. The molecular formula is C18H22N2O4. The first-order chi connectivity index (χ1) is 11.7. The molecule has 1 aromatic carbocycles. The zero-order valence-corrected chi connectivity index (χ0v) is 14.2. The second-order valence-electron chi connectivity index (χ2n) is 5.92. The molecule has 6 heteroatoms. The van der Waals surface area contributed by atoms with Gasteiger partial charge < -0.3 is 19.5 Å². The van der Waals surface area contributed by atoms with Crippen molar-refractivity contribution in [2.75, 3.05) is 21.3 Å². The van der Waals surface area contributed by atoms with Gasteiger partial charge in [-0.15, -0.1) is 0 Å². The molecule has 24 heavy (non-hydrogen) atoms. The number of methoxy groups -OCH3 is 3. The molecule has 6 nitrogen and oxygen atoms in total. The van der Waals surface area contributed by atoms with Crippen molar-refractivity contribution in [2.45, 2.75) is 25.7 Å². The number of amides is 1. The highest BCUT2D eigenvalue weighted by atomic mass is 16.5. The normalized spacial score (nSPS) is 19.4. The Bertz CT molecular complexity index is 678. The van der Waals surface area contributed by atoms with E-state index in [0.717, 1.165) is 24.2 Å². The van der Waals surface area contributed by atoms with Crippen molar-refractivity contribution in [3.63, 3.8) is 0 Å². The number of amidine groups is 1. The summed E-state index contributed by atoms with van der Waals surface area (Å²) >= 11 is 0. The van der Waals surface area contributed by atoms with Crippen molar-refractivity contribution in [3.05, 3.63) is 23.4 Å². The molecule has 1 heterocycles. The Morgan fingerprint density at radius 2 is 1.71 bits per heavy atom. The molecule has 0 unspecified atom stereocenters. The molecule has 1 saturated carbocycles. The Balaban J connectivity index is 1.94. The quantitative estimate of drug-likeness (QED) is 0.843. The molecular weight excluding hydrogens is 308 g/mol. The van der Waals surface area contributed by atoms with Crippen molar-refractivity contribution in [3.8, 4) is 17.2 Å². The van der Waals surface area contributed by atoms with Crippen LogP contribution in [0.5, 0.6) is 17.2 Å². The highest BCUT2D eigenvalue weighted by molar-refractivity contribution is 6.15. The SMILES string of the molecule is COc1cc(/C=C2/N=C(C3CCCC3)NC2=O)cc(OC)c1OC. The number of aliphatic imine (C=N–C) groups is 1. The molecule has 0 bridgehead atoms. The van der Waals surface area contributed by atoms with Gasteiger partial charge in [-0.05, 0) is 36.6 Å². The molecule has 3 rings (SSSR count). The first-order valence-electron chi connectivity index (χ1n) is 8.08. The molecule has 0 radical (unpaired) electrons. The summed E-state index contributed by atoms with van der Waals surface area (Å²) < 4.78 is 16.0. The molecule has 0 saturated heterocycles. The van der Waals surface area contributed by atoms with Crippen LogP contribution in [0.3, 0.4) is 0 Å². The zero-order chi connectivity index (χ0) is 17.1. The summed E-state index contributed by atoms with van der Waals surface area (Å²) in [5.41, 5.74) is 1.18. The zero-order valence-electron chi connectivity index (χ0n) is 14.2. The van der Waals surface area contributed by atoms with Gasteiger partial charge in [0, 0.05) is 5.92 Å². The van der Waals surface area contributed by atoms with Gasteiger partial charge in [0.2, 0.25) is 5.75 Å². The lowest BCUT2D eigenvalue weighted by atomic mass is 10.1. The molecule has 0 atom stereocenters. The maximum atomic E-state index is 12.2. The molecule has 0 aromatic heterocycles. The minimum Gasteiger partial charge on any atom is -0.493 e. The Kier molecular flexibility index (Phi) is 4.74. The lowest BCUT2D eigenvalue weighted by Crippen LogP contribution is -2.29. The van der Waals surface area contributed by atoms with E-state index in [4.69, 9.17) is 14.2 Å². The van der Waals surface area contributed by atoms with Crippen molar-refractivity contribution >= 4 is 17.8 Å². The lowest BCUT2D eigenvalue weighted by Gasteiger charge is -2.12. The van der Waals surface area contributed by atoms with Crippen LogP contribution in [0.2, 0.25) is 0 Å². The maximum absolute atomic E-state index is 12.2. The molecule has 128 valence electrons. The number of hydrogen-bond acceptors (Lipinski definition) is 5. The van der Waals surface area contributed by atoms with E-state index in [-0.39, 0.29) is 5.91 Å². The topological polar surface area (TPSA) is 69.2 Å². The van der Waals surface area contributed by atoms with Gasteiger partial charge in [-0.25, -0.2) is 4.99 Å². The monoisotopic (exact) mass is 330 g/mol. The number of benzene rings is 1. The van der Waals surface area contributed by atoms with Gasteiger partial charge in [-0.2, -0.15) is 0 Å². The Hall–Kier alpha value is -2.50. The third-order valence-corrected chi connectivity index (χ3v) is 4.45. The van der Waals surface area contributed by atoms with Crippen LogP contribution in [0.25, 0.3) is 6.08 Å². The number of nitrogens with one attached hydrogen (secondary N) is 1. The van der Waals surface area contributed by atoms with Crippen molar-refractivity contribution in [2.24, 2.45) is 10.9 Å². The smallest absolute Gasteiger partial charge is 0.275 e. The van der Waals surface area contributed by atoms with Crippen LogP contribution in [0.1, 0.15) is 31.2 Å². The number of carbonyl (C=O) groups is 1. The molecule has 2 aliphatic rings. The molecule has 1 aromatic rings. The third-order valence-electron chi connectivity index (χ3n) is 4.45. The maximum Gasteiger partial charge on any atom is 0.275 e. The highest BCUT2D eigenvalue weighted by Crippen LogP contribution is 2.39. The fraction of sp³-hybridized carbons (Fsp3) is 0.444. The third kappa shape index (κ3) is 3.09. The Morgan fingerprint density at radius 3 is 2.25 bits per heavy atom. The number of ether oxygens (including phenoxy) is 3. The number of hydrogen-bond donors (Lipinski definition) is 1. The van der Waals surface area contributed by atoms with Gasteiger partial charge in [-0.1, -0.05) is 12.8 Å². The number of carbonyl (C=O) groups excluding carboxylic acids is 1. The highest BCUT2D eigenvalue weighted by Gasteiger charge is 2.28. The summed E-state index contributed by atoms with van der Waals surface area (Å²) in [6, 6.07) is 3.59. The minimum atomic E-state index is -0.161. The Labute approximate surface area is 141 Å². The van der Waals surface area contributed by atoms with Crippen LogP contribution in [0.15, 0.2) is 22.8 Å². The van der Waals surface area contributed by atoms with Crippen LogP contribution >= 0.6 is 0 Å². The van der Waals surface area contributed by atoms with E-state index in [0.29, 0.717) is 28.9 Å². The van der Waals surface area contributed by atoms with Crippen LogP contribution in [-0.2, 0) is 4.79 Å². The first kappa shape index (κ1) is 16.4.